The van der Waals surface area contributed by atoms with Crippen LogP contribution in [0.15, 0.2) is 35.4 Å². The summed E-state index contributed by atoms with van der Waals surface area (Å²) in [4.78, 5) is 35.3. The molecule has 4 aliphatic rings. The van der Waals surface area contributed by atoms with Crippen molar-refractivity contribution in [1.82, 2.24) is 9.80 Å². The molecule has 0 atom stereocenters. The fraction of sp³-hybridized carbons (Fsp3) is 0.667. The predicted octanol–water partition coefficient (Wildman–Crippen LogP) is 8.94. The molecular formula is C42H62B2N2O6S2. The Balaban J connectivity index is 1.39. The van der Waals surface area contributed by atoms with Gasteiger partial charge in [0.1, 0.15) is 0 Å². The minimum absolute atomic E-state index is 0.0847. The predicted molar refractivity (Wildman–Crippen MR) is 224 cm³/mol. The van der Waals surface area contributed by atoms with E-state index < -0.39 is 36.6 Å². The number of carbonyl (C=O) groups is 2. The highest BCUT2D eigenvalue weighted by Gasteiger charge is 2.55. The SMILES string of the molecule is CCCCCCCCN1C(=O)C2=C(c3ccc(B4OC(C)(C)C(C)(C)O4)s3)N(CCCCCCCC)C(=O)C2=C1c1ccc(B2OC(C)(C)C(C)(C)O2)s1. The van der Waals surface area contributed by atoms with Gasteiger partial charge in [-0.05, 0) is 80.4 Å². The number of nitrogens with zero attached hydrogens (tertiary/aromatic N) is 2. The van der Waals surface area contributed by atoms with E-state index in [4.69, 9.17) is 18.6 Å². The summed E-state index contributed by atoms with van der Waals surface area (Å²) in [7, 11) is -1.03. The van der Waals surface area contributed by atoms with Crippen LogP contribution >= 0.6 is 22.7 Å². The standard InChI is InChI=1S/C42H62B2N2O6S2/c1-11-13-15-17-19-21-27-45-35(29-23-25-31(53-29)43-49-39(3,4)40(5,6)50-43)33-34(37(45)47)36(46(38(33)48)28-22-20-18-16-14-12-2)30-24-26-32(54-30)44-51-41(7,8)42(9,10)52-44/h23-26H,11-22,27-28H2,1-10H3. The average molecular weight is 777 g/mol. The van der Waals surface area contributed by atoms with Crippen molar-refractivity contribution >= 4 is 69.7 Å². The number of hydrogen-bond donors (Lipinski definition) is 0. The largest absolute Gasteiger partial charge is 0.505 e. The highest BCUT2D eigenvalue weighted by molar-refractivity contribution is 7.23. The number of amides is 2. The Hall–Kier alpha value is -2.21. The Morgan fingerprint density at radius 2 is 0.815 bits per heavy atom. The van der Waals surface area contributed by atoms with Crippen LogP contribution < -0.4 is 9.55 Å². The van der Waals surface area contributed by atoms with Crippen molar-refractivity contribution in [3.05, 3.63) is 45.2 Å². The fourth-order valence-electron chi connectivity index (χ4n) is 7.57. The maximum atomic E-state index is 14.9. The van der Waals surface area contributed by atoms with E-state index in [9.17, 15) is 9.59 Å². The first kappa shape index (κ1) is 41.4. The van der Waals surface area contributed by atoms with Gasteiger partial charge >= 0.3 is 14.2 Å². The summed E-state index contributed by atoms with van der Waals surface area (Å²) in [6.45, 7) is 22.0. The summed E-state index contributed by atoms with van der Waals surface area (Å²) in [5.41, 5.74) is 0.623. The summed E-state index contributed by atoms with van der Waals surface area (Å²) in [6.07, 6.45) is 13.4. The maximum Gasteiger partial charge on any atom is 0.505 e. The lowest BCUT2D eigenvalue weighted by Crippen LogP contribution is -2.41. The molecule has 0 spiro atoms. The highest BCUT2D eigenvalue weighted by atomic mass is 32.1. The normalized spacial score (nSPS) is 21.5. The molecule has 0 N–H and O–H groups in total. The molecule has 0 radical (unpaired) electrons. The summed E-state index contributed by atoms with van der Waals surface area (Å²) in [5, 5.41) is 0. The van der Waals surface area contributed by atoms with Crippen LogP contribution in [0.4, 0.5) is 0 Å². The molecule has 2 amide bonds. The molecule has 0 saturated carbocycles. The molecule has 0 unspecified atom stereocenters. The van der Waals surface area contributed by atoms with Crippen LogP contribution in [0.3, 0.4) is 0 Å². The van der Waals surface area contributed by atoms with E-state index in [0.29, 0.717) is 24.2 Å². The highest BCUT2D eigenvalue weighted by Crippen LogP contribution is 2.49. The van der Waals surface area contributed by atoms with Crippen molar-refractivity contribution in [1.29, 1.82) is 0 Å². The molecule has 4 aliphatic heterocycles. The monoisotopic (exact) mass is 776 g/mol. The first-order chi connectivity index (χ1) is 25.5. The topological polar surface area (TPSA) is 77.5 Å². The summed E-state index contributed by atoms with van der Waals surface area (Å²) < 4.78 is 27.6. The summed E-state index contributed by atoms with van der Waals surface area (Å²) >= 11 is 3.12. The Kier molecular flexibility index (Phi) is 12.5. The molecule has 0 aromatic carbocycles. The van der Waals surface area contributed by atoms with Crippen LogP contribution in [-0.2, 0) is 28.2 Å². The quantitative estimate of drug-likeness (QED) is 0.111. The van der Waals surface area contributed by atoms with E-state index in [0.717, 1.165) is 69.2 Å². The van der Waals surface area contributed by atoms with Crippen molar-refractivity contribution < 1.29 is 28.2 Å². The van der Waals surface area contributed by atoms with Crippen LogP contribution in [0.1, 0.15) is 156 Å². The molecule has 0 bridgehead atoms. The average Bonchev–Trinajstić information content (AvgIpc) is 3.93. The van der Waals surface area contributed by atoms with Gasteiger partial charge in [0.2, 0.25) is 0 Å². The second kappa shape index (κ2) is 16.3. The van der Waals surface area contributed by atoms with Crippen LogP contribution in [0, 0.1) is 0 Å². The van der Waals surface area contributed by atoms with E-state index in [1.165, 1.54) is 38.5 Å². The Bertz CT molecular complexity index is 1600. The Morgan fingerprint density at radius 1 is 0.500 bits per heavy atom. The van der Waals surface area contributed by atoms with Crippen molar-refractivity contribution in [2.45, 2.75) is 169 Å². The molecule has 6 rings (SSSR count). The molecule has 0 aliphatic carbocycles. The molecule has 294 valence electrons. The lowest BCUT2D eigenvalue weighted by molar-refractivity contribution is -0.124. The zero-order chi connectivity index (χ0) is 39.1. The number of hydrogen-bond acceptors (Lipinski definition) is 8. The second-order valence-electron chi connectivity index (χ2n) is 17.5. The first-order valence-corrected chi connectivity index (χ1v) is 22.2. The second-order valence-corrected chi connectivity index (χ2v) is 19.7. The summed E-state index contributed by atoms with van der Waals surface area (Å²) in [6, 6.07) is 8.16. The number of fused-ring (bicyclic) bond motifs is 1. The van der Waals surface area contributed by atoms with Gasteiger partial charge in [-0.3, -0.25) is 9.59 Å². The third-order valence-electron chi connectivity index (χ3n) is 12.3. The van der Waals surface area contributed by atoms with Gasteiger partial charge in [-0.1, -0.05) is 90.2 Å². The zero-order valence-corrected chi connectivity index (χ0v) is 36.2. The van der Waals surface area contributed by atoms with E-state index >= 15 is 0 Å². The number of carbonyl (C=O) groups excluding carboxylic acids is 2. The van der Waals surface area contributed by atoms with Crippen LogP contribution in [0.5, 0.6) is 0 Å². The van der Waals surface area contributed by atoms with Crippen molar-refractivity contribution in [3.63, 3.8) is 0 Å². The molecule has 2 fully saturated rings. The third-order valence-corrected chi connectivity index (χ3v) is 14.6. The molecule has 2 saturated heterocycles. The molecule has 12 heteroatoms. The number of rotatable bonds is 18. The molecule has 2 aromatic rings. The van der Waals surface area contributed by atoms with Crippen molar-refractivity contribution in [3.8, 4) is 0 Å². The molecule has 8 nitrogen and oxygen atoms in total. The van der Waals surface area contributed by atoms with Gasteiger partial charge in [-0.2, -0.15) is 0 Å². The molecule has 54 heavy (non-hydrogen) atoms. The lowest BCUT2D eigenvalue weighted by Gasteiger charge is -2.32. The van der Waals surface area contributed by atoms with Gasteiger partial charge in [-0.25, -0.2) is 0 Å². The van der Waals surface area contributed by atoms with Gasteiger partial charge in [0.25, 0.3) is 11.8 Å². The van der Waals surface area contributed by atoms with Crippen molar-refractivity contribution in [2.24, 2.45) is 0 Å². The van der Waals surface area contributed by atoms with Crippen molar-refractivity contribution in [2.75, 3.05) is 13.1 Å². The first-order valence-electron chi connectivity index (χ1n) is 20.6. The van der Waals surface area contributed by atoms with Crippen LogP contribution in [0.25, 0.3) is 11.4 Å². The molecule has 6 heterocycles. The van der Waals surface area contributed by atoms with Gasteiger partial charge in [0.15, 0.2) is 0 Å². The minimum Gasteiger partial charge on any atom is -0.399 e. The van der Waals surface area contributed by atoms with E-state index in [-0.39, 0.29) is 11.8 Å². The summed E-state index contributed by atoms with van der Waals surface area (Å²) in [5.74, 6) is -0.169. The van der Waals surface area contributed by atoms with Crippen LogP contribution in [-0.4, -0.2) is 71.3 Å². The smallest absolute Gasteiger partial charge is 0.399 e. The fourth-order valence-corrected chi connectivity index (χ4v) is 9.62. The van der Waals surface area contributed by atoms with Gasteiger partial charge in [0, 0.05) is 22.6 Å². The molecule has 2 aromatic heterocycles. The maximum absolute atomic E-state index is 14.9. The Morgan fingerprint density at radius 3 is 1.15 bits per heavy atom. The zero-order valence-electron chi connectivity index (χ0n) is 34.5. The van der Waals surface area contributed by atoms with Gasteiger partial charge in [0.05, 0.1) is 54.7 Å². The van der Waals surface area contributed by atoms with Crippen LogP contribution in [0.2, 0.25) is 0 Å². The Labute approximate surface area is 333 Å². The van der Waals surface area contributed by atoms with Gasteiger partial charge in [-0.15, -0.1) is 22.7 Å². The molecular weight excluding hydrogens is 714 g/mol. The van der Waals surface area contributed by atoms with E-state index in [1.807, 2.05) is 34.1 Å². The lowest BCUT2D eigenvalue weighted by atomic mass is 9.88. The van der Waals surface area contributed by atoms with Gasteiger partial charge < -0.3 is 28.4 Å². The third kappa shape index (κ3) is 7.99. The number of thiophene rings is 2. The number of unbranched alkanes of at least 4 members (excludes halogenated alkanes) is 10. The minimum atomic E-state index is -0.517. The van der Waals surface area contributed by atoms with E-state index in [1.54, 1.807) is 22.7 Å². The van der Waals surface area contributed by atoms with E-state index in [2.05, 4.69) is 69.2 Å².